The summed E-state index contributed by atoms with van der Waals surface area (Å²) in [6, 6.07) is 15.6. The number of allylic oxidation sites excluding steroid dienone is 1. The number of hydrogen-bond acceptors (Lipinski definition) is 4. The Labute approximate surface area is 163 Å². The molecule has 1 amide bonds. The molecule has 140 valence electrons. The molecule has 6 heteroatoms. The Bertz CT molecular complexity index is 934. The Morgan fingerprint density at radius 3 is 2.74 bits per heavy atom. The van der Waals surface area contributed by atoms with Gasteiger partial charge in [0.2, 0.25) is 5.91 Å². The monoisotopic (exact) mass is 381 g/mol. The molecule has 3 rings (SSSR count). The van der Waals surface area contributed by atoms with Gasteiger partial charge in [-0.05, 0) is 36.8 Å². The molecule has 0 saturated heterocycles. The van der Waals surface area contributed by atoms with Crippen LogP contribution < -0.4 is 10.1 Å². The van der Waals surface area contributed by atoms with E-state index in [0.29, 0.717) is 13.1 Å². The third kappa shape index (κ3) is 4.52. The van der Waals surface area contributed by atoms with E-state index in [0.717, 1.165) is 27.5 Å². The summed E-state index contributed by atoms with van der Waals surface area (Å²) in [5.41, 5.74) is 3.00. The molecule has 1 aromatic heterocycles. The summed E-state index contributed by atoms with van der Waals surface area (Å²) in [6.45, 7) is 6.86. The van der Waals surface area contributed by atoms with Crippen molar-refractivity contribution in [1.82, 2.24) is 14.9 Å². The fourth-order valence-corrected chi connectivity index (χ4v) is 3.69. The van der Waals surface area contributed by atoms with Gasteiger partial charge in [-0.15, -0.1) is 6.58 Å². The van der Waals surface area contributed by atoms with Crippen molar-refractivity contribution < 1.29 is 9.53 Å². The number of ether oxygens (including phenoxy) is 1. The average Bonchev–Trinajstić information content (AvgIpc) is 3.04. The quantitative estimate of drug-likeness (QED) is 0.473. The van der Waals surface area contributed by atoms with Gasteiger partial charge in [0, 0.05) is 13.1 Å². The van der Waals surface area contributed by atoms with Crippen LogP contribution in [0.25, 0.3) is 11.0 Å². The highest BCUT2D eigenvalue weighted by Gasteiger charge is 2.19. The molecule has 27 heavy (non-hydrogen) atoms. The van der Waals surface area contributed by atoms with E-state index in [-0.39, 0.29) is 11.2 Å². The van der Waals surface area contributed by atoms with Crippen molar-refractivity contribution >= 4 is 28.7 Å². The zero-order valence-corrected chi connectivity index (χ0v) is 16.3. The summed E-state index contributed by atoms with van der Waals surface area (Å²) < 4.78 is 7.23. The Balaban J connectivity index is 1.66. The predicted octanol–water partition coefficient (Wildman–Crippen LogP) is 4.03. The summed E-state index contributed by atoms with van der Waals surface area (Å²) >= 11 is 1.46. The first-order valence-electron chi connectivity index (χ1n) is 8.76. The van der Waals surface area contributed by atoms with Crippen molar-refractivity contribution in [2.24, 2.45) is 0 Å². The number of methoxy groups -OCH3 is 1. The number of para-hydroxylation sites is 2. The average molecular weight is 382 g/mol. The van der Waals surface area contributed by atoms with Crippen LogP contribution in [0.3, 0.4) is 0 Å². The van der Waals surface area contributed by atoms with Crippen LogP contribution in [-0.4, -0.2) is 27.8 Å². The minimum atomic E-state index is -0.261. The zero-order valence-electron chi connectivity index (χ0n) is 15.5. The molecule has 0 unspecified atom stereocenters. The molecule has 0 aliphatic heterocycles. The first kappa shape index (κ1) is 19.0. The van der Waals surface area contributed by atoms with E-state index < -0.39 is 0 Å². The predicted molar refractivity (Wildman–Crippen MR) is 110 cm³/mol. The van der Waals surface area contributed by atoms with Gasteiger partial charge in [0.15, 0.2) is 5.16 Å². The molecular weight excluding hydrogens is 358 g/mol. The molecule has 2 aromatic carbocycles. The third-order valence-electron chi connectivity index (χ3n) is 4.21. The second kappa shape index (κ2) is 8.77. The maximum Gasteiger partial charge on any atom is 0.233 e. The van der Waals surface area contributed by atoms with Gasteiger partial charge in [0.05, 0.1) is 23.4 Å². The minimum Gasteiger partial charge on any atom is -0.497 e. The number of nitrogens with one attached hydrogen (secondary N) is 1. The van der Waals surface area contributed by atoms with Crippen molar-refractivity contribution in [2.75, 3.05) is 7.11 Å². The first-order chi connectivity index (χ1) is 13.1. The number of nitrogens with zero attached hydrogens (tertiary/aromatic N) is 2. The SMILES string of the molecule is C=CCn1c(S[C@H](C)C(=O)NCc2ccc(OC)cc2)nc2ccccc21. The lowest BCUT2D eigenvalue weighted by Crippen LogP contribution is -2.30. The van der Waals surface area contributed by atoms with Gasteiger partial charge in [0.25, 0.3) is 0 Å². The number of benzene rings is 2. The van der Waals surface area contributed by atoms with Crippen molar-refractivity contribution in [3.8, 4) is 5.75 Å². The fourth-order valence-electron chi connectivity index (χ4n) is 2.74. The van der Waals surface area contributed by atoms with E-state index in [1.54, 1.807) is 7.11 Å². The molecule has 0 fully saturated rings. The number of carbonyl (C=O) groups is 1. The molecule has 0 radical (unpaired) electrons. The van der Waals surface area contributed by atoms with Crippen molar-refractivity contribution in [1.29, 1.82) is 0 Å². The number of fused-ring (bicyclic) bond motifs is 1. The van der Waals surface area contributed by atoms with Crippen LogP contribution in [0.2, 0.25) is 0 Å². The van der Waals surface area contributed by atoms with E-state index in [9.17, 15) is 4.79 Å². The van der Waals surface area contributed by atoms with E-state index in [2.05, 4.69) is 21.4 Å². The topological polar surface area (TPSA) is 56.2 Å². The van der Waals surface area contributed by atoms with Crippen LogP contribution in [0.1, 0.15) is 12.5 Å². The number of carbonyl (C=O) groups excluding carboxylic acids is 1. The first-order valence-corrected chi connectivity index (χ1v) is 9.63. The highest BCUT2D eigenvalue weighted by molar-refractivity contribution is 8.00. The third-order valence-corrected chi connectivity index (χ3v) is 5.30. The maximum absolute atomic E-state index is 12.5. The van der Waals surface area contributed by atoms with Crippen molar-refractivity contribution in [2.45, 2.75) is 30.4 Å². The number of aromatic nitrogens is 2. The lowest BCUT2D eigenvalue weighted by molar-refractivity contribution is -0.120. The smallest absolute Gasteiger partial charge is 0.233 e. The summed E-state index contributed by atoms with van der Waals surface area (Å²) in [4.78, 5) is 17.2. The van der Waals surface area contributed by atoms with Crippen LogP contribution in [0, 0.1) is 0 Å². The van der Waals surface area contributed by atoms with Gasteiger partial charge < -0.3 is 14.6 Å². The van der Waals surface area contributed by atoms with Crippen LogP contribution in [0.4, 0.5) is 0 Å². The molecule has 0 spiro atoms. The minimum absolute atomic E-state index is 0.0203. The highest BCUT2D eigenvalue weighted by atomic mass is 32.2. The van der Waals surface area contributed by atoms with Gasteiger partial charge in [-0.2, -0.15) is 0 Å². The Hall–Kier alpha value is -2.73. The lowest BCUT2D eigenvalue weighted by atomic mass is 10.2. The van der Waals surface area contributed by atoms with Crippen LogP contribution in [0.5, 0.6) is 5.75 Å². The lowest BCUT2D eigenvalue weighted by Gasteiger charge is -2.13. The highest BCUT2D eigenvalue weighted by Crippen LogP contribution is 2.27. The Kier molecular flexibility index (Phi) is 6.19. The molecule has 3 aromatic rings. The van der Waals surface area contributed by atoms with E-state index in [1.165, 1.54) is 11.8 Å². The van der Waals surface area contributed by atoms with Crippen molar-refractivity contribution in [3.63, 3.8) is 0 Å². The van der Waals surface area contributed by atoms with Gasteiger partial charge in [-0.3, -0.25) is 4.79 Å². The molecule has 1 heterocycles. The standard InChI is InChI=1S/C21H23N3O2S/c1-4-13-24-19-8-6-5-7-18(19)23-21(24)27-15(2)20(25)22-14-16-9-11-17(26-3)12-10-16/h4-12,15H,1,13-14H2,2-3H3,(H,22,25)/t15-/m1/s1. The second-order valence-electron chi connectivity index (χ2n) is 6.11. The van der Waals surface area contributed by atoms with Crippen LogP contribution in [0.15, 0.2) is 66.3 Å². The normalized spacial score (nSPS) is 11.9. The molecule has 0 aliphatic carbocycles. The van der Waals surface area contributed by atoms with E-state index in [1.807, 2.05) is 61.5 Å². The number of rotatable bonds is 8. The number of hydrogen-bond donors (Lipinski definition) is 1. The Morgan fingerprint density at radius 1 is 1.30 bits per heavy atom. The van der Waals surface area contributed by atoms with Gasteiger partial charge >= 0.3 is 0 Å². The summed E-state index contributed by atoms with van der Waals surface area (Å²) in [6.07, 6.45) is 1.84. The molecule has 1 N–H and O–H groups in total. The largest absolute Gasteiger partial charge is 0.497 e. The number of thioether (sulfide) groups is 1. The fraction of sp³-hybridized carbons (Fsp3) is 0.238. The van der Waals surface area contributed by atoms with Gasteiger partial charge in [-0.25, -0.2) is 4.98 Å². The molecular formula is C21H23N3O2S. The molecule has 0 saturated carbocycles. The maximum atomic E-state index is 12.5. The van der Waals surface area contributed by atoms with Gasteiger partial charge in [0.1, 0.15) is 5.75 Å². The summed E-state index contributed by atoms with van der Waals surface area (Å²) in [7, 11) is 1.63. The zero-order chi connectivity index (χ0) is 19.2. The van der Waals surface area contributed by atoms with Crippen molar-refractivity contribution in [3.05, 3.63) is 66.7 Å². The summed E-state index contributed by atoms with van der Waals surface area (Å²) in [5.74, 6) is 0.781. The Morgan fingerprint density at radius 2 is 2.04 bits per heavy atom. The second-order valence-corrected chi connectivity index (χ2v) is 7.42. The molecule has 0 aliphatic rings. The van der Waals surface area contributed by atoms with Crippen LogP contribution >= 0.6 is 11.8 Å². The molecule has 0 bridgehead atoms. The van der Waals surface area contributed by atoms with E-state index >= 15 is 0 Å². The molecule has 5 nitrogen and oxygen atoms in total. The van der Waals surface area contributed by atoms with Gasteiger partial charge in [-0.1, -0.05) is 42.1 Å². The number of amides is 1. The van der Waals surface area contributed by atoms with Crippen LogP contribution in [-0.2, 0) is 17.9 Å². The molecule has 1 atom stereocenters. The summed E-state index contributed by atoms with van der Waals surface area (Å²) in [5, 5.41) is 3.55. The number of imidazole rings is 1. The van der Waals surface area contributed by atoms with E-state index in [4.69, 9.17) is 4.74 Å².